The van der Waals surface area contributed by atoms with Gasteiger partial charge in [-0.25, -0.2) is 9.18 Å². The molecule has 0 heterocycles. The van der Waals surface area contributed by atoms with Crippen LogP contribution in [0.4, 0.5) is 4.39 Å². The monoisotopic (exact) mass is 309 g/mol. The van der Waals surface area contributed by atoms with E-state index in [1.807, 2.05) is 6.07 Å². The Bertz CT molecular complexity index is 789. The first-order valence-corrected chi connectivity index (χ1v) is 6.73. The molecule has 0 spiro atoms. The molecule has 0 aliphatic rings. The Hall–Kier alpha value is -3.26. The van der Waals surface area contributed by atoms with Gasteiger partial charge in [-0.2, -0.15) is 5.26 Å². The Morgan fingerprint density at radius 3 is 2.48 bits per heavy atom. The van der Waals surface area contributed by atoms with Crippen LogP contribution >= 0.6 is 0 Å². The topological polar surface area (TPSA) is 67.2 Å². The smallest absolute Gasteiger partial charge is 0.331 e. The van der Waals surface area contributed by atoms with Crippen LogP contribution in [0, 0.1) is 17.1 Å². The average molecular weight is 309 g/mol. The minimum absolute atomic E-state index is 0.114. The lowest BCUT2D eigenvalue weighted by Gasteiger charge is -2.02. The normalized spacial score (nSPS) is 10.3. The number of esters is 1. The minimum Gasteiger partial charge on any atom is -0.454 e. The fourth-order valence-electron chi connectivity index (χ4n) is 1.78. The molecule has 2 rings (SSSR count). The summed E-state index contributed by atoms with van der Waals surface area (Å²) in [6.07, 6.45) is 2.66. The van der Waals surface area contributed by atoms with E-state index >= 15 is 0 Å². The van der Waals surface area contributed by atoms with Crippen LogP contribution in [0.5, 0.6) is 0 Å². The molecular weight excluding hydrogens is 297 g/mol. The molecule has 0 amide bonds. The van der Waals surface area contributed by atoms with Crippen molar-refractivity contribution in [3.8, 4) is 6.07 Å². The van der Waals surface area contributed by atoms with Gasteiger partial charge in [-0.05, 0) is 35.9 Å². The second kappa shape index (κ2) is 7.66. The molecule has 0 radical (unpaired) electrons. The number of hydrogen-bond acceptors (Lipinski definition) is 4. The largest absolute Gasteiger partial charge is 0.454 e. The molecule has 2 aromatic carbocycles. The molecule has 0 saturated heterocycles. The highest BCUT2D eigenvalue weighted by Gasteiger charge is 2.12. The summed E-state index contributed by atoms with van der Waals surface area (Å²) in [7, 11) is 0. The first kappa shape index (κ1) is 16.1. The van der Waals surface area contributed by atoms with Crippen LogP contribution in [-0.2, 0) is 9.53 Å². The molecule has 0 aromatic heterocycles. The van der Waals surface area contributed by atoms with Gasteiger partial charge >= 0.3 is 5.97 Å². The molecule has 0 aliphatic heterocycles. The van der Waals surface area contributed by atoms with E-state index in [0.29, 0.717) is 11.1 Å². The Kier molecular flexibility index (Phi) is 5.37. The molecule has 23 heavy (non-hydrogen) atoms. The van der Waals surface area contributed by atoms with Gasteiger partial charge < -0.3 is 4.74 Å². The van der Waals surface area contributed by atoms with E-state index in [9.17, 15) is 14.0 Å². The molecule has 0 aliphatic carbocycles. The van der Waals surface area contributed by atoms with Crippen molar-refractivity contribution in [2.75, 3.05) is 6.61 Å². The first-order chi connectivity index (χ1) is 11.1. The summed E-state index contributed by atoms with van der Waals surface area (Å²) in [6, 6.07) is 14.1. The van der Waals surface area contributed by atoms with E-state index < -0.39 is 24.2 Å². The highest BCUT2D eigenvalue weighted by atomic mass is 19.1. The van der Waals surface area contributed by atoms with E-state index in [1.54, 1.807) is 24.3 Å². The zero-order valence-electron chi connectivity index (χ0n) is 12.0. The number of ether oxygens (including phenoxy) is 1. The van der Waals surface area contributed by atoms with E-state index in [1.165, 1.54) is 30.3 Å². The van der Waals surface area contributed by atoms with Gasteiger partial charge in [0, 0.05) is 6.08 Å². The van der Waals surface area contributed by atoms with E-state index in [4.69, 9.17) is 10.00 Å². The number of carbonyl (C=O) groups is 2. The third kappa shape index (κ3) is 4.61. The Morgan fingerprint density at radius 2 is 1.83 bits per heavy atom. The van der Waals surface area contributed by atoms with Gasteiger partial charge in [-0.15, -0.1) is 0 Å². The molecule has 0 saturated carbocycles. The van der Waals surface area contributed by atoms with E-state index in [-0.39, 0.29) is 5.56 Å². The van der Waals surface area contributed by atoms with Crippen LogP contribution < -0.4 is 0 Å². The molecule has 0 fully saturated rings. The highest BCUT2D eigenvalue weighted by molar-refractivity contribution is 5.99. The zero-order chi connectivity index (χ0) is 16.7. The molecule has 4 nitrogen and oxygen atoms in total. The fourth-order valence-corrected chi connectivity index (χ4v) is 1.78. The van der Waals surface area contributed by atoms with Crippen LogP contribution in [0.1, 0.15) is 21.5 Å². The number of halogens is 1. The van der Waals surface area contributed by atoms with Gasteiger partial charge in [0.2, 0.25) is 5.78 Å². The Morgan fingerprint density at radius 1 is 1.13 bits per heavy atom. The van der Waals surface area contributed by atoms with Crippen LogP contribution in [0.25, 0.3) is 6.08 Å². The van der Waals surface area contributed by atoms with Gasteiger partial charge in [0.05, 0.1) is 17.2 Å². The van der Waals surface area contributed by atoms with Crippen LogP contribution in [-0.4, -0.2) is 18.4 Å². The van der Waals surface area contributed by atoms with Gasteiger partial charge in [-0.3, -0.25) is 4.79 Å². The zero-order valence-corrected chi connectivity index (χ0v) is 12.0. The van der Waals surface area contributed by atoms with E-state index in [0.717, 1.165) is 6.08 Å². The second-order valence-corrected chi connectivity index (χ2v) is 4.58. The standard InChI is InChI=1S/C18H12FNO3/c19-16-4-2-1-3-15(16)17(21)12-23-18(22)10-9-13-5-7-14(11-20)8-6-13/h1-10H,12H2/b10-9+. The maximum atomic E-state index is 13.4. The number of carbonyl (C=O) groups excluding carboxylic acids is 2. The summed E-state index contributed by atoms with van der Waals surface area (Å²) < 4.78 is 18.2. The van der Waals surface area contributed by atoms with Crippen molar-refractivity contribution in [2.24, 2.45) is 0 Å². The first-order valence-electron chi connectivity index (χ1n) is 6.73. The number of nitrogens with zero attached hydrogens (tertiary/aromatic N) is 1. The van der Waals surface area contributed by atoms with Crippen molar-refractivity contribution in [1.29, 1.82) is 5.26 Å². The van der Waals surface area contributed by atoms with Gasteiger partial charge in [-0.1, -0.05) is 24.3 Å². The summed E-state index contributed by atoms with van der Waals surface area (Å²) in [6.45, 7) is -0.530. The number of hydrogen-bond donors (Lipinski definition) is 0. The molecular formula is C18H12FNO3. The summed E-state index contributed by atoms with van der Waals surface area (Å²) in [5, 5.41) is 8.68. The third-order valence-corrected chi connectivity index (χ3v) is 2.97. The lowest BCUT2D eigenvalue weighted by molar-refractivity contribution is -0.136. The third-order valence-electron chi connectivity index (χ3n) is 2.97. The maximum Gasteiger partial charge on any atom is 0.331 e. The molecule has 0 atom stereocenters. The lowest BCUT2D eigenvalue weighted by atomic mass is 10.1. The SMILES string of the molecule is N#Cc1ccc(/C=C/C(=O)OCC(=O)c2ccccc2F)cc1. The van der Waals surface area contributed by atoms with Crippen molar-refractivity contribution >= 4 is 17.8 Å². The molecule has 5 heteroatoms. The Labute approximate surface area is 132 Å². The molecule has 0 N–H and O–H groups in total. The van der Waals surface area contributed by atoms with Gasteiger partial charge in [0.15, 0.2) is 6.61 Å². The van der Waals surface area contributed by atoms with Crippen molar-refractivity contribution in [3.63, 3.8) is 0 Å². The molecule has 114 valence electrons. The number of ketones is 1. The van der Waals surface area contributed by atoms with Crippen molar-refractivity contribution in [3.05, 3.63) is 77.1 Å². The average Bonchev–Trinajstić information content (AvgIpc) is 2.58. The summed E-state index contributed by atoms with van der Waals surface area (Å²) in [5.41, 5.74) is 1.11. The summed E-state index contributed by atoms with van der Waals surface area (Å²) in [5.74, 6) is -1.97. The minimum atomic E-state index is -0.709. The number of Topliss-reactive ketones (excluding diaryl/α,β-unsaturated/α-hetero) is 1. The van der Waals surface area contributed by atoms with Crippen LogP contribution in [0.3, 0.4) is 0 Å². The van der Waals surface area contributed by atoms with E-state index in [2.05, 4.69) is 0 Å². The highest BCUT2D eigenvalue weighted by Crippen LogP contribution is 2.08. The van der Waals surface area contributed by atoms with Crippen molar-refractivity contribution in [1.82, 2.24) is 0 Å². The second-order valence-electron chi connectivity index (χ2n) is 4.58. The molecule has 0 unspecified atom stereocenters. The number of rotatable bonds is 5. The van der Waals surface area contributed by atoms with Crippen molar-refractivity contribution in [2.45, 2.75) is 0 Å². The lowest BCUT2D eigenvalue weighted by Crippen LogP contribution is -2.13. The molecule has 2 aromatic rings. The molecule has 0 bridgehead atoms. The number of nitriles is 1. The predicted octanol–water partition coefficient (Wildman–Crippen LogP) is 3.14. The van der Waals surface area contributed by atoms with Crippen LogP contribution in [0.15, 0.2) is 54.6 Å². The summed E-state index contributed by atoms with van der Waals surface area (Å²) in [4.78, 5) is 23.3. The maximum absolute atomic E-state index is 13.4. The van der Waals surface area contributed by atoms with Gasteiger partial charge in [0.1, 0.15) is 5.82 Å². The number of benzene rings is 2. The fraction of sp³-hybridized carbons (Fsp3) is 0.0556. The quantitative estimate of drug-likeness (QED) is 0.483. The Balaban J connectivity index is 1.89. The van der Waals surface area contributed by atoms with Crippen molar-refractivity contribution < 1.29 is 18.7 Å². The van der Waals surface area contributed by atoms with Gasteiger partial charge in [0.25, 0.3) is 0 Å². The van der Waals surface area contributed by atoms with Crippen LogP contribution in [0.2, 0.25) is 0 Å². The summed E-state index contributed by atoms with van der Waals surface area (Å²) >= 11 is 0. The predicted molar refractivity (Wildman–Crippen MR) is 81.9 cm³/mol.